The molecule has 0 bridgehead atoms. The molecule has 2 rings (SSSR count). The van der Waals surface area contributed by atoms with E-state index in [2.05, 4.69) is 4.98 Å². The maximum Gasteiger partial charge on any atom is 0.360 e. The highest BCUT2D eigenvalue weighted by Gasteiger charge is 2.29. The van der Waals surface area contributed by atoms with Crippen LogP contribution in [-0.2, 0) is 9.53 Å². The molecule has 1 atom stereocenters. The van der Waals surface area contributed by atoms with Gasteiger partial charge in [-0.05, 0) is 13.3 Å². The maximum absolute atomic E-state index is 11.4. The van der Waals surface area contributed by atoms with Gasteiger partial charge in [0.05, 0.1) is 12.5 Å². The van der Waals surface area contributed by atoms with Crippen molar-refractivity contribution >= 4 is 17.9 Å². The Balaban J connectivity index is 2.03. The van der Waals surface area contributed by atoms with Crippen LogP contribution in [0, 0.1) is 5.92 Å². The molecule has 1 amide bonds. The van der Waals surface area contributed by atoms with Gasteiger partial charge >= 0.3 is 5.97 Å². The van der Waals surface area contributed by atoms with Crippen molar-refractivity contribution < 1.29 is 18.7 Å². The van der Waals surface area contributed by atoms with Crippen LogP contribution in [0.4, 0.5) is 6.01 Å². The number of anilines is 1. The average molecular weight is 253 g/mol. The number of nitrogens with two attached hydrogens (primary N) is 1. The molecule has 0 saturated carbocycles. The van der Waals surface area contributed by atoms with Crippen LogP contribution in [-0.4, -0.2) is 36.6 Å². The molecule has 1 saturated heterocycles. The van der Waals surface area contributed by atoms with Gasteiger partial charge in [-0.25, -0.2) is 4.79 Å². The Morgan fingerprint density at radius 1 is 1.67 bits per heavy atom. The number of amides is 1. The first kappa shape index (κ1) is 12.4. The zero-order chi connectivity index (χ0) is 13.1. The highest BCUT2D eigenvalue weighted by Crippen LogP contribution is 2.23. The number of nitrogens with zero attached hydrogens (tertiary/aromatic N) is 2. The van der Waals surface area contributed by atoms with Gasteiger partial charge in [0.15, 0.2) is 5.69 Å². The molecule has 1 aliphatic rings. The number of primary amides is 1. The van der Waals surface area contributed by atoms with Crippen LogP contribution in [0.3, 0.4) is 0 Å². The number of aromatic nitrogens is 1. The van der Waals surface area contributed by atoms with Crippen LogP contribution in [0.5, 0.6) is 0 Å². The van der Waals surface area contributed by atoms with Crippen LogP contribution >= 0.6 is 0 Å². The van der Waals surface area contributed by atoms with E-state index < -0.39 is 5.97 Å². The molecule has 1 unspecified atom stereocenters. The lowest BCUT2D eigenvalue weighted by Crippen LogP contribution is -2.27. The van der Waals surface area contributed by atoms with Gasteiger partial charge in [0.1, 0.15) is 6.26 Å². The van der Waals surface area contributed by atoms with Gasteiger partial charge in [-0.15, -0.1) is 0 Å². The first-order chi connectivity index (χ1) is 8.61. The number of carbonyl (C=O) groups excluding carboxylic acids is 2. The normalized spacial score (nSPS) is 18.9. The lowest BCUT2D eigenvalue weighted by molar-refractivity contribution is -0.121. The topological polar surface area (TPSA) is 98.7 Å². The number of ether oxygens (including phenoxy) is 1. The lowest BCUT2D eigenvalue weighted by Gasteiger charge is -2.11. The Morgan fingerprint density at radius 2 is 2.44 bits per heavy atom. The molecule has 1 aliphatic heterocycles. The number of carbonyl (C=O) groups is 2. The number of hydrogen-bond acceptors (Lipinski definition) is 6. The molecule has 1 fully saturated rings. The number of esters is 1. The van der Waals surface area contributed by atoms with E-state index in [0.717, 1.165) is 0 Å². The fraction of sp³-hybridized carbons (Fsp3) is 0.545. The van der Waals surface area contributed by atoms with Gasteiger partial charge < -0.3 is 19.8 Å². The van der Waals surface area contributed by atoms with E-state index in [9.17, 15) is 9.59 Å². The minimum atomic E-state index is -0.516. The second-order valence-electron chi connectivity index (χ2n) is 4.07. The Kier molecular flexibility index (Phi) is 3.50. The summed E-state index contributed by atoms with van der Waals surface area (Å²) in [6.45, 7) is 3.11. The van der Waals surface area contributed by atoms with E-state index >= 15 is 0 Å². The summed E-state index contributed by atoms with van der Waals surface area (Å²) in [5.41, 5.74) is 5.37. The Labute approximate surface area is 104 Å². The minimum Gasteiger partial charge on any atom is -0.461 e. The Hall–Kier alpha value is -2.05. The quantitative estimate of drug-likeness (QED) is 0.767. The number of hydrogen-bond donors (Lipinski definition) is 1. The Bertz CT molecular complexity index is 457. The zero-order valence-electron chi connectivity index (χ0n) is 10.1. The number of rotatable bonds is 4. The summed E-state index contributed by atoms with van der Waals surface area (Å²) in [7, 11) is 0. The van der Waals surface area contributed by atoms with Crippen molar-refractivity contribution in [2.24, 2.45) is 11.7 Å². The molecule has 0 spiro atoms. The first-order valence-corrected chi connectivity index (χ1v) is 5.78. The fourth-order valence-corrected chi connectivity index (χ4v) is 1.87. The zero-order valence-corrected chi connectivity index (χ0v) is 10.1. The van der Waals surface area contributed by atoms with Crippen molar-refractivity contribution in [1.29, 1.82) is 0 Å². The van der Waals surface area contributed by atoms with Crippen LogP contribution < -0.4 is 10.6 Å². The van der Waals surface area contributed by atoms with E-state index in [1.165, 1.54) is 6.26 Å². The van der Waals surface area contributed by atoms with Gasteiger partial charge in [-0.2, -0.15) is 4.98 Å². The highest BCUT2D eigenvalue weighted by molar-refractivity contribution is 5.87. The van der Waals surface area contributed by atoms with E-state index in [-0.39, 0.29) is 24.1 Å². The van der Waals surface area contributed by atoms with Crippen molar-refractivity contribution in [3.63, 3.8) is 0 Å². The second kappa shape index (κ2) is 5.07. The summed E-state index contributed by atoms with van der Waals surface area (Å²) in [5, 5.41) is 0. The third-order valence-electron chi connectivity index (χ3n) is 2.84. The van der Waals surface area contributed by atoms with Gasteiger partial charge in [0.25, 0.3) is 6.01 Å². The molecule has 18 heavy (non-hydrogen) atoms. The van der Waals surface area contributed by atoms with E-state index in [1.54, 1.807) is 11.8 Å². The molecule has 1 aromatic heterocycles. The van der Waals surface area contributed by atoms with Gasteiger partial charge in [0.2, 0.25) is 5.91 Å². The molecule has 98 valence electrons. The highest BCUT2D eigenvalue weighted by atomic mass is 16.5. The van der Waals surface area contributed by atoms with Crippen molar-refractivity contribution in [3.8, 4) is 0 Å². The second-order valence-corrected chi connectivity index (χ2v) is 4.07. The summed E-state index contributed by atoms with van der Waals surface area (Å²) in [4.78, 5) is 28.3. The predicted octanol–water partition coefficient (Wildman–Crippen LogP) is 0.163. The number of oxazole rings is 1. The third kappa shape index (κ3) is 2.44. The molecule has 0 aliphatic carbocycles. The molecule has 7 heteroatoms. The molecule has 1 aromatic rings. The monoisotopic (exact) mass is 253 g/mol. The molecule has 0 radical (unpaired) electrons. The molecule has 2 N–H and O–H groups in total. The fourth-order valence-electron chi connectivity index (χ4n) is 1.87. The van der Waals surface area contributed by atoms with Gasteiger partial charge in [-0.3, -0.25) is 4.79 Å². The molecule has 7 nitrogen and oxygen atoms in total. The van der Waals surface area contributed by atoms with Crippen LogP contribution in [0.25, 0.3) is 0 Å². The van der Waals surface area contributed by atoms with Crippen LogP contribution in [0.15, 0.2) is 10.7 Å². The SMILES string of the molecule is CCOC(=O)c1coc(N2CCC(C(N)=O)C2)n1. The van der Waals surface area contributed by atoms with Crippen LogP contribution in [0.1, 0.15) is 23.8 Å². The summed E-state index contributed by atoms with van der Waals surface area (Å²) in [6.07, 6.45) is 1.93. The Morgan fingerprint density at radius 3 is 3.06 bits per heavy atom. The van der Waals surface area contributed by atoms with Crippen molar-refractivity contribution in [1.82, 2.24) is 4.98 Å². The summed E-state index contributed by atoms with van der Waals surface area (Å²) >= 11 is 0. The van der Waals surface area contributed by atoms with Crippen molar-refractivity contribution in [3.05, 3.63) is 12.0 Å². The van der Waals surface area contributed by atoms with Crippen molar-refractivity contribution in [2.75, 3.05) is 24.6 Å². The lowest BCUT2D eigenvalue weighted by atomic mass is 10.1. The predicted molar refractivity (Wildman–Crippen MR) is 62.0 cm³/mol. The molecular weight excluding hydrogens is 238 g/mol. The summed E-state index contributed by atoms with van der Waals surface area (Å²) in [5.74, 6) is -1.03. The standard InChI is InChI=1S/C11H15N3O4/c1-2-17-10(16)8-6-18-11(13-8)14-4-3-7(5-14)9(12)15/h6-7H,2-5H2,1H3,(H2,12,15). The van der Waals surface area contributed by atoms with Crippen LogP contribution in [0.2, 0.25) is 0 Å². The summed E-state index contributed by atoms with van der Waals surface area (Å²) < 4.78 is 10.0. The minimum absolute atomic E-state index is 0.134. The van der Waals surface area contributed by atoms with Crippen molar-refractivity contribution in [2.45, 2.75) is 13.3 Å². The van der Waals surface area contributed by atoms with E-state index in [4.69, 9.17) is 14.9 Å². The first-order valence-electron chi connectivity index (χ1n) is 5.78. The smallest absolute Gasteiger partial charge is 0.360 e. The van der Waals surface area contributed by atoms with Gasteiger partial charge in [-0.1, -0.05) is 0 Å². The summed E-state index contributed by atoms with van der Waals surface area (Å²) in [6, 6.07) is 0.321. The molecule has 0 aromatic carbocycles. The maximum atomic E-state index is 11.4. The van der Waals surface area contributed by atoms with E-state index in [0.29, 0.717) is 25.5 Å². The molecule has 2 heterocycles. The molecular formula is C11H15N3O4. The van der Waals surface area contributed by atoms with Gasteiger partial charge in [0, 0.05) is 13.1 Å². The third-order valence-corrected chi connectivity index (χ3v) is 2.84. The average Bonchev–Trinajstić information content (AvgIpc) is 2.98. The largest absolute Gasteiger partial charge is 0.461 e. The van der Waals surface area contributed by atoms with E-state index in [1.807, 2.05) is 0 Å².